The Morgan fingerprint density at radius 1 is 1.31 bits per heavy atom. The quantitative estimate of drug-likeness (QED) is 0.767. The van der Waals surface area contributed by atoms with Gasteiger partial charge < -0.3 is 10.2 Å². The van der Waals surface area contributed by atoms with Crippen molar-refractivity contribution in [3.63, 3.8) is 0 Å². The Hall–Kier alpha value is -1.09. The van der Waals surface area contributed by atoms with Crippen LogP contribution in [0.1, 0.15) is 25.8 Å². The molecule has 1 rings (SSSR count). The Morgan fingerprint density at radius 2 is 2.12 bits per heavy atom. The summed E-state index contributed by atoms with van der Waals surface area (Å²) in [5.74, 6) is 1.01. The molecule has 1 N–H and O–H groups in total. The van der Waals surface area contributed by atoms with Gasteiger partial charge in [0.25, 0.3) is 0 Å². The molecule has 0 amide bonds. The summed E-state index contributed by atoms with van der Waals surface area (Å²) in [4.78, 5) is 6.77. The zero-order chi connectivity index (χ0) is 11.8. The van der Waals surface area contributed by atoms with Crippen LogP contribution in [0.15, 0.2) is 18.3 Å². The van der Waals surface area contributed by atoms with Gasteiger partial charge in [0.05, 0.1) is 0 Å². The maximum atomic E-state index is 4.32. The van der Waals surface area contributed by atoms with Crippen LogP contribution >= 0.6 is 0 Å². The highest BCUT2D eigenvalue weighted by Crippen LogP contribution is 2.08. The fraction of sp³-hybridized carbons (Fsp3) is 0.615. The van der Waals surface area contributed by atoms with Crippen molar-refractivity contribution < 1.29 is 0 Å². The highest BCUT2D eigenvalue weighted by molar-refractivity contribution is 5.42. The molecule has 0 saturated carbocycles. The Bertz CT molecular complexity index is 299. The second kappa shape index (κ2) is 7.23. The van der Waals surface area contributed by atoms with Gasteiger partial charge in [-0.15, -0.1) is 0 Å². The lowest BCUT2D eigenvalue weighted by molar-refractivity contribution is 0.300. The van der Waals surface area contributed by atoms with Crippen LogP contribution in [-0.2, 0) is 0 Å². The zero-order valence-electron chi connectivity index (χ0n) is 10.7. The first kappa shape index (κ1) is 13.0. The second-order valence-electron chi connectivity index (χ2n) is 4.03. The summed E-state index contributed by atoms with van der Waals surface area (Å²) in [5.41, 5.74) is 1.21. The van der Waals surface area contributed by atoms with Crippen LogP contribution in [0, 0.1) is 6.92 Å². The lowest BCUT2D eigenvalue weighted by Gasteiger charge is -2.19. The summed E-state index contributed by atoms with van der Waals surface area (Å²) in [5, 5.41) is 3.38. The molecule has 16 heavy (non-hydrogen) atoms. The van der Waals surface area contributed by atoms with Crippen LogP contribution in [0.4, 0.5) is 5.82 Å². The topological polar surface area (TPSA) is 28.2 Å². The van der Waals surface area contributed by atoms with E-state index in [0.29, 0.717) is 0 Å². The Morgan fingerprint density at radius 3 is 2.75 bits per heavy atom. The van der Waals surface area contributed by atoms with Crippen molar-refractivity contribution >= 4 is 5.82 Å². The van der Waals surface area contributed by atoms with Crippen molar-refractivity contribution in [2.24, 2.45) is 0 Å². The van der Waals surface area contributed by atoms with Crippen molar-refractivity contribution in [3.05, 3.63) is 23.9 Å². The van der Waals surface area contributed by atoms with Gasteiger partial charge in [-0.05, 0) is 38.1 Å². The number of likely N-dealkylation sites (N-methyl/N-ethyl adjacent to an activating group) is 1. The maximum Gasteiger partial charge on any atom is 0.128 e. The fourth-order valence-corrected chi connectivity index (χ4v) is 1.75. The molecular weight excluding hydrogens is 198 g/mol. The molecule has 90 valence electrons. The first-order chi connectivity index (χ1) is 7.77. The van der Waals surface area contributed by atoms with Crippen LogP contribution in [-0.4, -0.2) is 36.1 Å². The lowest BCUT2D eigenvalue weighted by atomic mass is 10.3. The first-order valence-corrected chi connectivity index (χ1v) is 6.15. The summed E-state index contributed by atoms with van der Waals surface area (Å²) < 4.78 is 0. The molecule has 0 aliphatic carbocycles. The van der Waals surface area contributed by atoms with E-state index in [1.165, 1.54) is 18.5 Å². The molecule has 1 heterocycles. The van der Waals surface area contributed by atoms with E-state index in [1.807, 2.05) is 12.3 Å². The molecule has 0 radical (unpaired) electrons. The molecule has 0 saturated heterocycles. The smallest absolute Gasteiger partial charge is 0.128 e. The largest absolute Gasteiger partial charge is 0.369 e. The normalized spacial score (nSPS) is 10.8. The predicted molar refractivity (Wildman–Crippen MR) is 69.9 cm³/mol. The lowest BCUT2D eigenvalue weighted by Crippen LogP contribution is -2.29. The number of pyridine rings is 1. The van der Waals surface area contributed by atoms with E-state index in [1.54, 1.807) is 0 Å². The van der Waals surface area contributed by atoms with E-state index in [9.17, 15) is 0 Å². The van der Waals surface area contributed by atoms with E-state index < -0.39 is 0 Å². The summed E-state index contributed by atoms with van der Waals surface area (Å²) in [7, 11) is 0. The van der Waals surface area contributed by atoms with Gasteiger partial charge in [0.1, 0.15) is 5.82 Å². The number of aromatic nitrogens is 1. The number of nitrogens with one attached hydrogen (secondary N) is 1. The minimum Gasteiger partial charge on any atom is -0.369 e. The van der Waals surface area contributed by atoms with Crippen LogP contribution in [0.25, 0.3) is 0 Å². The van der Waals surface area contributed by atoms with Gasteiger partial charge >= 0.3 is 0 Å². The van der Waals surface area contributed by atoms with Crippen molar-refractivity contribution in [1.29, 1.82) is 0 Å². The van der Waals surface area contributed by atoms with E-state index in [2.05, 4.69) is 42.0 Å². The molecule has 0 bridgehead atoms. The van der Waals surface area contributed by atoms with Gasteiger partial charge in [-0.2, -0.15) is 0 Å². The molecule has 3 nitrogen and oxygen atoms in total. The standard InChI is InChI=1S/C13H23N3/c1-4-10-16(5-2)11-9-15-13-12(3)7-6-8-14-13/h6-8H,4-5,9-11H2,1-3H3,(H,14,15). The molecule has 0 aliphatic heterocycles. The number of hydrogen-bond acceptors (Lipinski definition) is 3. The maximum absolute atomic E-state index is 4.32. The van der Waals surface area contributed by atoms with Gasteiger partial charge in [0.2, 0.25) is 0 Å². The Kier molecular flexibility index (Phi) is 5.86. The highest BCUT2D eigenvalue weighted by Gasteiger charge is 2.01. The van der Waals surface area contributed by atoms with E-state index in [0.717, 1.165) is 25.5 Å². The summed E-state index contributed by atoms with van der Waals surface area (Å²) in [6, 6.07) is 4.05. The number of nitrogens with zero attached hydrogens (tertiary/aromatic N) is 2. The number of aryl methyl sites for hydroxylation is 1. The molecule has 3 heteroatoms. The molecule has 0 atom stereocenters. The molecule has 0 aromatic carbocycles. The van der Waals surface area contributed by atoms with Gasteiger partial charge in [-0.1, -0.05) is 19.9 Å². The van der Waals surface area contributed by atoms with Crippen molar-refractivity contribution in [2.75, 3.05) is 31.5 Å². The van der Waals surface area contributed by atoms with Gasteiger partial charge in [0, 0.05) is 19.3 Å². The third-order valence-corrected chi connectivity index (χ3v) is 2.72. The van der Waals surface area contributed by atoms with Gasteiger partial charge in [0.15, 0.2) is 0 Å². The van der Waals surface area contributed by atoms with E-state index in [4.69, 9.17) is 0 Å². The monoisotopic (exact) mass is 221 g/mol. The van der Waals surface area contributed by atoms with Gasteiger partial charge in [-0.3, -0.25) is 0 Å². The van der Waals surface area contributed by atoms with Crippen LogP contribution in [0.5, 0.6) is 0 Å². The molecular formula is C13H23N3. The van der Waals surface area contributed by atoms with Crippen molar-refractivity contribution in [2.45, 2.75) is 27.2 Å². The number of anilines is 1. The molecule has 1 aromatic rings. The van der Waals surface area contributed by atoms with Crippen LogP contribution in [0.2, 0.25) is 0 Å². The van der Waals surface area contributed by atoms with E-state index >= 15 is 0 Å². The van der Waals surface area contributed by atoms with Crippen LogP contribution < -0.4 is 5.32 Å². The molecule has 0 unspecified atom stereocenters. The average molecular weight is 221 g/mol. The molecule has 0 aliphatic rings. The third-order valence-electron chi connectivity index (χ3n) is 2.72. The molecule has 0 fully saturated rings. The summed E-state index contributed by atoms with van der Waals surface area (Å²) >= 11 is 0. The Balaban J connectivity index is 2.32. The number of rotatable bonds is 7. The molecule has 1 aromatic heterocycles. The number of hydrogen-bond donors (Lipinski definition) is 1. The van der Waals surface area contributed by atoms with E-state index in [-0.39, 0.29) is 0 Å². The molecule has 0 spiro atoms. The predicted octanol–water partition coefficient (Wildman–Crippen LogP) is 2.53. The second-order valence-corrected chi connectivity index (χ2v) is 4.03. The SMILES string of the molecule is CCCN(CC)CCNc1ncccc1C. The first-order valence-electron chi connectivity index (χ1n) is 6.15. The van der Waals surface area contributed by atoms with Gasteiger partial charge in [-0.25, -0.2) is 4.98 Å². The highest BCUT2D eigenvalue weighted by atomic mass is 15.1. The Labute approximate surface area is 98.9 Å². The zero-order valence-corrected chi connectivity index (χ0v) is 10.7. The third kappa shape index (κ3) is 4.19. The summed E-state index contributed by atoms with van der Waals surface area (Å²) in [6.07, 6.45) is 3.05. The average Bonchev–Trinajstić information content (AvgIpc) is 2.30. The van der Waals surface area contributed by atoms with Crippen LogP contribution in [0.3, 0.4) is 0 Å². The summed E-state index contributed by atoms with van der Waals surface area (Å²) in [6.45, 7) is 10.9. The minimum atomic E-state index is 0.964. The van der Waals surface area contributed by atoms with Crippen molar-refractivity contribution in [1.82, 2.24) is 9.88 Å². The van der Waals surface area contributed by atoms with Crippen molar-refractivity contribution in [3.8, 4) is 0 Å². The minimum absolute atomic E-state index is 0.964. The fourth-order valence-electron chi connectivity index (χ4n) is 1.75.